The Morgan fingerprint density at radius 1 is 1.15 bits per heavy atom. The molecule has 1 amide bonds. The van der Waals surface area contributed by atoms with Crippen molar-refractivity contribution in [2.75, 3.05) is 13.2 Å². The number of nitrogens with one attached hydrogen (secondary N) is 1. The molecule has 0 unspecified atom stereocenters. The molecule has 1 heterocycles. The Labute approximate surface area is 158 Å². The van der Waals surface area contributed by atoms with E-state index in [1.807, 2.05) is 61.5 Å². The van der Waals surface area contributed by atoms with Gasteiger partial charge in [0.2, 0.25) is 5.89 Å². The number of carbonyl (C=O) groups excluding carboxylic acids is 1. The number of benzene rings is 2. The standard InChI is InChI=1S/C22H22N2O3/c1-15-7-11-18(12-8-15)26-14-13-23-21(25)19-20(16-9-10-16)27-22(24-19)17-5-3-2-4-6-17/h2-8,11-12,16H,9-10,13-14H2,1H3,(H,23,25). The zero-order valence-electron chi connectivity index (χ0n) is 15.3. The van der Waals surface area contributed by atoms with E-state index in [-0.39, 0.29) is 5.91 Å². The molecule has 1 aromatic heterocycles. The molecule has 1 aliphatic rings. The summed E-state index contributed by atoms with van der Waals surface area (Å²) < 4.78 is 11.6. The van der Waals surface area contributed by atoms with Crippen molar-refractivity contribution in [3.05, 3.63) is 71.6 Å². The quantitative estimate of drug-likeness (QED) is 0.635. The molecule has 1 aliphatic carbocycles. The monoisotopic (exact) mass is 362 g/mol. The fourth-order valence-electron chi connectivity index (χ4n) is 2.87. The van der Waals surface area contributed by atoms with Gasteiger partial charge in [0.25, 0.3) is 5.91 Å². The fraction of sp³-hybridized carbons (Fsp3) is 0.273. The molecule has 138 valence electrons. The molecule has 1 saturated carbocycles. The molecule has 3 aromatic rings. The molecule has 5 nitrogen and oxygen atoms in total. The van der Waals surface area contributed by atoms with E-state index >= 15 is 0 Å². The number of carbonyl (C=O) groups is 1. The number of ether oxygens (including phenoxy) is 1. The lowest BCUT2D eigenvalue weighted by Crippen LogP contribution is -2.29. The minimum absolute atomic E-state index is 0.213. The zero-order valence-corrected chi connectivity index (χ0v) is 15.3. The van der Waals surface area contributed by atoms with Crippen molar-refractivity contribution >= 4 is 5.91 Å². The first-order valence-corrected chi connectivity index (χ1v) is 9.24. The van der Waals surface area contributed by atoms with Gasteiger partial charge in [0.15, 0.2) is 5.69 Å². The average Bonchev–Trinajstić information content (AvgIpc) is 3.45. The van der Waals surface area contributed by atoms with Crippen molar-refractivity contribution in [1.82, 2.24) is 10.3 Å². The van der Waals surface area contributed by atoms with E-state index < -0.39 is 0 Å². The summed E-state index contributed by atoms with van der Waals surface area (Å²) >= 11 is 0. The number of oxazole rings is 1. The van der Waals surface area contributed by atoms with Crippen LogP contribution in [0.25, 0.3) is 11.5 Å². The Hall–Kier alpha value is -3.08. The number of amides is 1. The van der Waals surface area contributed by atoms with Gasteiger partial charge in [0.1, 0.15) is 18.1 Å². The Morgan fingerprint density at radius 2 is 1.89 bits per heavy atom. The summed E-state index contributed by atoms with van der Waals surface area (Å²) in [5.74, 6) is 2.08. The van der Waals surface area contributed by atoms with Crippen LogP contribution in [0.5, 0.6) is 5.75 Å². The number of hydrogen-bond acceptors (Lipinski definition) is 4. The van der Waals surface area contributed by atoms with Gasteiger partial charge in [0.05, 0.1) is 6.54 Å². The maximum atomic E-state index is 12.6. The van der Waals surface area contributed by atoms with Gasteiger partial charge in [-0.3, -0.25) is 4.79 Å². The first-order chi connectivity index (χ1) is 13.2. The molecule has 27 heavy (non-hydrogen) atoms. The van der Waals surface area contributed by atoms with Crippen LogP contribution in [0.3, 0.4) is 0 Å². The van der Waals surface area contributed by atoms with E-state index in [9.17, 15) is 4.79 Å². The second-order valence-corrected chi connectivity index (χ2v) is 6.79. The number of rotatable bonds is 7. The molecule has 0 radical (unpaired) electrons. The van der Waals surface area contributed by atoms with Crippen LogP contribution in [-0.4, -0.2) is 24.0 Å². The second kappa shape index (κ2) is 7.66. The largest absolute Gasteiger partial charge is 0.492 e. The lowest BCUT2D eigenvalue weighted by molar-refractivity contribution is 0.0940. The number of nitrogens with zero attached hydrogens (tertiary/aromatic N) is 1. The van der Waals surface area contributed by atoms with Crippen LogP contribution in [0, 0.1) is 6.92 Å². The van der Waals surface area contributed by atoms with Crippen LogP contribution in [0.15, 0.2) is 59.0 Å². The summed E-state index contributed by atoms with van der Waals surface area (Å²) in [5, 5.41) is 2.88. The van der Waals surface area contributed by atoms with Crippen molar-refractivity contribution in [3.8, 4) is 17.2 Å². The number of aromatic nitrogens is 1. The highest BCUT2D eigenvalue weighted by Crippen LogP contribution is 2.43. The molecule has 0 spiro atoms. The van der Waals surface area contributed by atoms with Crippen LogP contribution < -0.4 is 10.1 Å². The van der Waals surface area contributed by atoms with Gasteiger partial charge >= 0.3 is 0 Å². The van der Waals surface area contributed by atoms with E-state index in [2.05, 4.69) is 10.3 Å². The highest BCUT2D eigenvalue weighted by Gasteiger charge is 2.34. The lowest BCUT2D eigenvalue weighted by atomic mass is 10.2. The number of hydrogen-bond donors (Lipinski definition) is 1. The van der Waals surface area contributed by atoms with Gasteiger partial charge in [-0.2, -0.15) is 0 Å². The third-order valence-corrected chi connectivity index (χ3v) is 4.51. The van der Waals surface area contributed by atoms with Crippen molar-refractivity contribution in [2.24, 2.45) is 0 Å². The summed E-state index contributed by atoms with van der Waals surface area (Å²) in [4.78, 5) is 17.1. The third-order valence-electron chi connectivity index (χ3n) is 4.51. The van der Waals surface area contributed by atoms with Crippen LogP contribution in [0.4, 0.5) is 0 Å². The van der Waals surface area contributed by atoms with E-state index in [4.69, 9.17) is 9.15 Å². The van der Waals surface area contributed by atoms with Crippen molar-refractivity contribution in [3.63, 3.8) is 0 Å². The maximum absolute atomic E-state index is 12.6. The molecule has 4 rings (SSSR count). The summed E-state index contributed by atoms with van der Waals surface area (Å²) in [6.07, 6.45) is 2.08. The maximum Gasteiger partial charge on any atom is 0.273 e. The Bertz CT molecular complexity index is 912. The predicted octanol–water partition coefficient (Wildman–Crippen LogP) is 4.34. The van der Waals surface area contributed by atoms with E-state index in [1.165, 1.54) is 5.56 Å². The SMILES string of the molecule is Cc1ccc(OCCNC(=O)c2nc(-c3ccccc3)oc2C2CC2)cc1. The first-order valence-electron chi connectivity index (χ1n) is 9.24. The normalized spacial score (nSPS) is 13.4. The van der Waals surface area contributed by atoms with Gasteiger partial charge in [-0.05, 0) is 44.0 Å². The second-order valence-electron chi connectivity index (χ2n) is 6.79. The lowest BCUT2D eigenvalue weighted by Gasteiger charge is -2.07. The highest BCUT2D eigenvalue weighted by molar-refractivity contribution is 5.94. The van der Waals surface area contributed by atoms with Gasteiger partial charge < -0.3 is 14.5 Å². The van der Waals surface area contributed by atoms with Gasteiger partial charge in [0, 0.05) is 11.5 Å². The number of aryl methyl sites for hydroxylation is 1. The summed E-state index contributed by atoms with van der Waals surface area (Å²) in [7, 11) is 0. The predicted molar refractivity (Wildman–Crippen MR) is 103 cm³/mol. The summed E-state index contributed by atoms with van der Waals surface area (Å²) in [5.41, 5.74) is 2.45. The molecule has 0 atom stereocenters. The van der Waals surface area contributed by atoms with E-state index in [1.54, 1.807) is 0 Å². The minimum Gasteiger partial charge on any atom is -0.492 e. The molecule has 1 N–H and O–H groups in total. The molecular weight excluding hydrogens is 340 g/mol. The Morgan fingerprint density at radius 3 is 2.59 bits per heavy atom. The van der Waals surface area contributed by atoms with Crippen molar-refractivity contribution in [2.45, 2.75) is 25.7 Å². The van der Waals surface area contributed by atoms with Gasteiger partial charge in [-0.25, -0.2) is 4.98 Å². The Balaban J connectivity index is 1.39. The molecule has 1 fully saturated rings. The third kappa shape index (κ3) is 4.19. The molecule has 2 aromatic carbocycles. The van der Waals surface area contributed by atoms with Crippen LogP contribution in [0.2, 0.25) is 0 Å². The molecule has 0 aliphatic heterocycles. The van der Waals surface area contributed by atoms with Crippen molar-refractivity contribution in [1.29, 1.82) is 0 Å². The molecule has 0 bridgehead atoms. The Kier molecular flexibility index (Phi) is 4.92. The van der Waals surface area contributed by atoms with Crippen LogP contribution >= 0.6 is 0 Å². The molecular formula is C22H22N2O3. The fourth-order valence-corrected chi connectivity index (χ4v) is 2.87. The zero-order chi connectivity index (χ0) is 18.6. The highest BCUT2D eigenvalue weighted by atomic mass is 16.5. The topological polar surface area (TPSA) is 64.4 Å². The molecule has 0 saturated heterocycles. The summed E-state index contributed by atoms with van der Waals surface area (Å²) in [6.45, 7) is 2.84. The summed E-state index contributed by atoms with van der Waals surface area (Å²) in [6, 6.07) is 17.5. The van der Waals surface area contributed by atoms with Gasteiger partial charge in [-0.15, -0.1) is 0 Å². The molecule has 5 heteroatoms. The van der Waals surface area contributed by atoms with E-state index in [0.717, 1.165) is 24.2 Å². The van der Waals surface area contributed by atoms with Crippen LogP contribution in [0.1, 0.15) is 40.6 Å². The smallest absolute Gasteiger partial charge is 0.273 e. The van der Waals surface area contributed by atoms with Crippen molar-refractivity contribution < 1.29 is 13.9 Å². The van der Waals surface area contributed by atoms with E-state index in [0.29, 0.717) is 36.4 Å². The van der Waals surface area contributed by atoms with Gasteiger partial charge in [-0.1, -0.05) is 35.9 Å². The average molecular weight is 362 g/mol. The minimum atomic E-state index is -0.213. The first kappa shape index (κ1) is 17.3. The van der Waals surface area contributed by atoms with Crippen LogP contribution in [-0.2, 0) is 0 Å².